The molecule has 0 bridgehead atoms. The monoisotopic (exact) mass is 324 g/mol. The lowest BCUT2D eigenvalue weighted by molar-refractivity contribution is -0.116. The zero-order valence-corrected chi connectivity index (χ0v) is 13.8. The molecule has 0 saturated heterocycles. The number of hydrogen-bond donors (Lipinski definition) is 1. The number of hydrogen-bond acceptors (Lipinski definition) is 4. The Bertz CT molecular complexity index is 733. The Morgan fingerprint density at radius 3 is 2.50 bits per heavy atom. The van der Waals surface area contributed by atoms with Crippen LogP contribution in [0.15, 0.2) is 42.5 Å². The second kappa shape index (κ2) is 8.59. The van der Waals surface area contributed by atoms with E-state index in [1.54, 1.807) is 26.4 Å². The smallest absolute Gasteiger partial charge is 0.224 e. The van der Waals surface area contributed by atoms with Gasteiger partial charge >= 0.3 is 0 Å². The SMILES string of the molecule is COc1ccc(OC)c(CCC(=O)Nc2ccc(CC#N)cc2)c1. The summed E-state index contributed by atoms with van der Waals surface area (Å²) in [5.41, 5.74) is 2.58. The summed E-state index contributed by atoms with van der Waals surface area (Å²) in [7, 11) is 3.21. The largest absolute Gasteiger partial charge is 0.497 e. The first-order chi connectivity index (χ1) is 11.7. The third kappa shape index (κ3) is 4.75. The number of methoxy groups -OCH3 is 2. The van der Waals surface area contributed by atoms with Crippen LogP contribution in [0.25, 0.3) is 0 Å². The fourth-order valence-electron chi connectivity index (χ4n) is 2.35. The first-order valence-corrected chi connectivity index (χ1v) is 7.63. The Morgan fingerprint density at radius 2 is 1.88 bits per heavy atom. The molecule has 24 heavy (non-hydrogen) atoms. The van der Waals surface area contributed by atoms with Gasteiger partial charge in [-0.2, -0.15) is 5.26 Å². The molecule has 1 N–H and O–H groups in total. The maximum atomic E-state index is 12.1. The van der Waals surface area contributed by atoms with E-state index in [0.29, 0.717) is 19.3 Å². The molecule has 0 spiro atoms. The molecule has 0 aromatic heterocycles. The summed E-state index contributed by atoms with van der Waals surface area (Å²) in [5, 5.41) is 11.5. The molecule has 0 aliphatic carbocycles. The predicted octanol–water partition coefficient (Wildman–Crippen LogP) is 3.34. The van der Waals surface area contributed by atoms with E-state index in [2.05, 4.69) is 11.4 Å². The first kappa shape index (κ1) is 17.4. The van der Waals surface area contributed by atoms with Crippen LogP contribution in [0.3, 0.4) is 0 Å². The highest BCUT2D eigenvalue weighted by molar-refractivity contribution is 5.90. The fourth-order valence-corrected chi connectivity index (χ4v) is 2.35. The number of benzene rings is 2. The lowest BCUT2D eigenvalue weighted by atomic mass is 10.1. The second-order valence-corrected chi connectivity index (χ2v) is 5.26. The van der Waals surface area contributed by atoms with Gasteiger partial charge in [0.25, 0.3) is 0 Å². The molecular weight excluding hydrogens is 304 g/mol. The fraction of sp³-hybridized carbons (Fsp3) is 0.263. The zero-order valence-electron chi connectivity index (χ0n) is 13.8. The molecule has 2 rings (SSSR count). The van der Waals surface area contributed by atoms with Crippen LogP contribution in [-0.2, 0) is 17.6 Å². The number of ether oxygens (including phenoxy) is 2. The van der Waals surface area contributed by atoms with Crippen LogP contribution in [0.4, 0.5) is 5.69 Å². The number of anilines is 1. The van der Waals surface area contributed by atoms with E-state index in [9.17, 15) is 4.79 Å². The van der Waals surface area contributed by atoms with Crippen LogP contribution in [-0.4, -0.2) is 20.1 Å². The summed E-state index contributed by atoms with van der Waals surface area (Å²) in [6.45, 7) is 0. The van der Waals surface area contributed by atoms with Crippen LogP contribution >= 0.6 is 0 Å². The van der Waals surface area contributed by atoms with E-state index in [1.807, 2.05) is 30.3 Å². The van der Waals surface area contributed by atoms with Crippen molar-refractivity contribution in [1.29, 1.82) is 5.26 Å². The summed E-state index contributed by atoms with van der Waals surface area (Å²) >= 11 is 0. The van der Waals surface area contributed by atoms with Crippen molar-refractivity contribution in [2.45, 2.75) is 19.3 Å². The van der Waals surface area contributed by atoms with Crippen LogP contribution < -0.4 is 14.8 Å². The van der Waals surface area contributed by atoms with Crippen molar-refractivity contribution < 1.29 is 14.3 Å². The maximum Gasteiger partial charge on any atom is 0.224 e. The zero-order chi connectivity index (χ0) is 17.4. The molecule has 0 aliphatic heterocycles. The van der Waals surface area contributed by atoms with Gasteiger partial charge in [0.15, 0.2) is 0 Å². The van der Waals surface area contributed by atoms with E-state index in [0.717, 1.165) is 28.3 Å². The molecule has 0 heterocycles. The van der Waals surface area contributed by atoms with E-state index in [-0.39, 0.29) is 5.91 Å². The summed E-state index contributed by atoms with van der Waals surface area (Å²) in [6.07, 6.45) is 1.26. The Kier molecular flexibility index (Phi) is 6.21. The molecule has 0 atom stereocenters. The Morgan fingerprint density at radius 1 is 1.12 bits per heavy atom. The average Bonchev–Trinajstić information content (AvgIpc) is 2.61. The third-order valence-electron chi connectivity index (χ3n) is 3.63. The van der Waals surface area contributed by atoms with Crippen molar-refractivity contribution in [3.63, 3.8) is 0 Å². The van der Waals surface area contributed by atoms with E-state index < -0.39 is 0 Å². The Labute approximate surface area is 141 Å². The molecule has 0 fully saturated rings. The van der Waals surface area contributed by atoms with Crippen LogP contribution in [0, 0.1) is 11.3 Å². The summed E-state index contributed by atoms with van der Waals surface area (Å²) in [6, 6.07) is 14.9. The van der Waals surface area contributed by atoms with Crippen molar-refractivity contribution in [2.75, 3.05) is 19.5 Å². The van der Waals surface area contributed by atoms with Crippen molar-refractivity contribution in [1.82, 2.24) is 0 Å². The quantitative estimate of drug-likeness (QED) is 0.848. The molecule has 5 heteroatoms. The number of carbonyl (C=O) groups excluding carboxylic acids is 1. The van der Waals surface area contributed by atoms with E-state index in [1.165, 1.54) is 0 Å². The summed E-state index contributed by atoms with van der Waals surface area (Å²) in [4.78, 5) is 12.1. The lowest BCUT2D eigenvalue weighted by Gasteiger charge is -2.11. The van der Waals surface area contributed by atoms with Gasteiger partial charge in [-0.25, -0.2) is 0 Å². The first-order valence-electron chi connectivity index (χ1n) is 7.63. The number of rotatable bonds is 7. The highest BCUT2D eigenvalue weighted by Gasteiger charge is 2.09. The van der Waals surface area contributed by atoms with Crippen LogP contribution in [0.1, 0.15) is 17.5 Å². The third-order valence-corrected chi connectivity index (χ3v) is 3.63. The van der Waals surface area contributed by atoms with Gasteiger partial charge in [-0.15, -0.1) is 0 Å². The number of nitrogens with zero attached hydrogens (tertiary/aromatic N) is 1. The number of nitrogens with one attached hydrogen (secondary N) is 1. The number of nitriles is 1. The van der Waals surface area contributed by atoms with Crippen LogP contribution in [0.5, 0.6) is 11.5 Å². The van der Waals surface area contributed by atoms with Gasteiger partial charge in [0.05, 0.1) is 26.7 Å². The van der Waals surface area contributed by atoms with Gasteiger partial charge in [0.2, 0.25) is 5.91 Å². The van der Waals surface area contributed by atoms with Gasteiger partial charge in [-0.05, 0) is 47.9 Å². The standard InChI is InChI=1S/C19H20N2O3/c1-23-17-8-9-18(24-2)15(13-17)5-10-19(22)21-16-6-3-14(4-7-16)11-12-20/h3-4,6-9,13H,5,10-11H2,1-2H3,(H,21,22). The Balaban J connectivity index is 1.94. The lowest BCUT2D eigenvalue weighted by Crippen LogP contribution is -2.12. The van der Waals surface area contributed by atoms with Gasteiger partial charge in [0.1, 0.15) is 11.5 Å². The average molecular weight is 324 g/mol. The molecule has 2 aromatic carbocycles. The molecule has 0 unspecified atom stereocenters. The molecule has 0 aliphatic rings. The van der Waals surface area contributed by atoms with Gasteiger partial charge in [-0.1, -0.05) is 12.1 Å². The molecule has 0 radical (unpaired) electrons. The van der Waals surface area contributed by atoms with Crippen molar-refractivity contribution in [3.05, 3.63) is 53.6 Å². The van der Waals surface area contributed by atoms with E-state index in [4.69, 9.17) is 14.7 Å². The summed E-state index contributed by atoms with van der Waals surface area (Å²) in [5.74, 6) is 1.40. The highest BCUT2D eigenvalue weighted by Crippen LogP contribution is 2.25. The normalized spacial score (nSPS) is 9.88. The van der Waals surface area contributed by atoms with Crippen molar-refractivity contribution in [2.24, 2.45) is 0 Å². The minimum absolute atomic E-state index is 0.0760. The van der Waals surface area contributed by atoms with Gasteiger partial charge in [-0.3, -0.25) is 4.79 Å². The molecule has 0 saturated carbocycles. The minimum atomic E-state index is -0.0760. The molecule has 124 valence electrons. The molecule has 5 nitrogen and oxygen atoms in total. The van der Waals surface area contributed by atoms with Crippen LogP contribution in [0.2, 0.25) is 0 Å². The van der Waals surface area contributed by atoms with Gasteiger partial charge in [0, 0.05) is 12.1 Å². The van der Waals surface area contributed by atoms with E-state index >= 15 is 0 Å². The van der Waals surface area contributed by atoms with Crippen molar-refractivity contribution >= 4 is 11.6 Å². The molecule has 2 aromatic rings. The van der Waals surface area contributed by atoms with Crippen molar-refractivity contribution in [3.8, 4) is 17.6 Å². The Hall–Kier alpha value is -3.00. The molecular formula is C19H20N2O3. The number of amides is 1. The second-order valence-electron chi connectivity index (χ2n) is 5.26. The molecule has 1 amide bonds. The summed E-state index contributed by atoms with van der Waals surface area (Å²) < 4.78 is 10.5. The highest BCUT2D eigenvalue weighted by atomic mass is 16.5. The van der Waals surface area contributed by atoms with Gasteiger partial charge < -0.3 is 14.8 Å². The number of aryl methyl sites for hydroxylation is 1. The minimum Gasteiger partial charge on any atom is -0.497 e. The predicted molar refractivity (Wildman–Crippen MR) is 92.3 cm³/mol. The maximum absolute atomic E-state index is 12.1. The topological polar surface area (TPSA) is 71.3 Å². The number of carbonyl (C=O) groups is 1.